The number of imidazole rings is 1. The fourth-order valence-corrected chi connectivity index (χ4v) is 11.9. The Hall–Kier alpha value is -5.98. The van der Waals surface area contributed by atoms with Crippen LogP contribution in [-0.4, -0.2) is 32.4 Å². The van der Waals surface area contributed by atoms with Gasteiger partial charge in [0.2, 0.25) is 0 Å². The van der Waals surface area contributed by atoms with Gasteiger partial charge in [0.15, 0.2) is 17.5 Å². The SMILES string of the molecule is c1ccc(-c2nc(-c3ccccc3)nc(-c3ccc4c(c3)nc3n4[Si](c4ccccc4)(c4ccccc4)c4ccccc4-3)n2)cc1. The number of hydrogen-bond acceptors (Lipinski definition) is 4. The lowest BCUT2D eigenvalue weighted by Gasteiger charge is -2.32. The zero-order chi connectivity index (χ0) is 30.5. The van der Waals surface area contributed by atoms with Crippen LogP contribution in [0.4, 0.5) is 0 Å². The molecular weight excluding hydrogens is 579 g/mol. The number of nitrogens with zero attached hydrogens (tertiary/aromatic N) is 5. The zero-order valence-corrected chi connectivity index (χ0v) is 25.8. The Kier molecular flexibility index (Phi) is 6.08. The highest BCUT2D eigenvalue weighted by molar-refractivity contribution is 7.12. The molecule has 0 radical (unpaired) electrons. The maximum absolute atomic E-state index is 5.35. The quantitative estimate of drug-likeness (QED) is 0.205. The van der Waals surface area contributed by atoms with Crippen LogP contribution in [0.1, 0.15) is 0 Å². The van der Waals surface area contributed by atoms with E-state index in [2.05, 4.69) is 107 Å². The molecule has 5 nitrogen and oxygen atoms in total. The van der Waals surface area contributed by atoms with Crippen LogP contribution >= 0.6 is 0 Å². The minimum absolute atomic E-state index is 0.623. The number of aromatic nitrogens is 5. The topological polar surface area (TPSA) is 56.5 Å². The highest BCUT2D eigenvalue weighted by Gasteiger charge is 2.50. The minimum atomic E-state index is -2.73. The Morgan fingerprint density at radius 1 is 0.413 bits per heavy atom. The third-order valence-electron chi connectivity index (χ3n) is 8.89. The second kappa shape index (κ2) is 10.6. The van der Waals surface area contributed by atoms with Gasteiger partial charge in [-0.3, -0.25) is 0 Å². The standard InChI is InChI=1S/C40H27N5Si/c1-5-15-28(16-6-1)37-42-38(29-17-7-2-8-18-29)44-39(43-37)30-25-26-35-34(27-30)41-40-33-23-13-14-24-36(33)46(45(35)40,31-19-9-3-10-20-31)32-21-11-4-12-22-32/h1-27H. The molecule has 0 atom stereocenters. The van der Waals surface area contributed by atoms with E-state index in [4.69, 9.17) is 19.9 Å². The largest absolute Gasteiger partial charge is 0.339 e. The highest BCUT2D eigenvalue weighted by atomic mass is 28.3. The van der Waals surface area contributed by atoms with Crippen molar-refractivity contribution in [1.82, 2.24) is 24.2 Å². The van der Waals surface area contributed by atoms with Gasteiger partial charge in [0.1, 0.15) is 5.82 Å². The lowest BCUT2D eigenvalue weighted by molar-refractivity contribution is 1.07. The van der Waals surface area contributed by atoms with E-state index in [1.807, 2.05) is 60.7 Å². The molecule has 6 heteroatoms. The number of benzene rings is 6. The van der Waals surface area contributed by atoms with Crippen molar-refractivity contribution in [2.75, 3.05) is 0 Å². The summed E-state index contributed by atoms with van der Waals surface area (Å²) >= 11 is 0. The molecule has 0 N–H and O–H groups in total. The molecular formula is C40H27N5Si. The van der Waals surface area contributed by atoms with Gasteiger partial charge in [-0.2, -0.15) is 0 Å². The normalized spacial score (nSPS) is 13.0. The predicted octanol–water partition coefficient (Wildman–Crippen LogP) is 6.72. The van der Waals surface area contributed by atoms with Crippen molar-refractivity contribution in [3.63, 3.8) is 0 Å². The second-order valence-electron chi connectivity index (χ2n) is 11.5. The molecule has 0 saturated carbocycles. The monoisotopic (exact) mass is 605 g/mol. The molecule has 3 heterocycles. The first-order valence-corrected chi connectivity index (χ1v) is 17.4. The van der Waals surface area contributed by atoms with E-state index in [1.165, 1.54) is 21.1 Å². The lowest BCUT2D eigenvalue weighted by atomic mass is 10.1. The second-order valence-corrected chi connectivity index (χ2v) is 15.1. The van der Waals surface area contributed by atoms with Crippen molar-refractivity contribution < 1.29 is 0 Å². The first-order chi connectivity index (χ1) is 22.8. The minimum Gasteiger partial charge on any atom is -0.339 e. The van der Waals surface area contributed by atoms with E-state index in [0.717, 1.165) is 33.5 Å². The van der Waals surface area contributed by atoms with Gasteiger partial charge in [-0.05, 0) is 33.8 Å². The fourth-order valence-electron chi connectivity index (χ4n) is 6.89. The van der Waals surface area contributed by atoms with Crippen molar-refractivity contribution in [1.29, 1.82) is 0 Å². The third-order valence-corrected chi connectivity index (χ3v) is 13.6. The van der Waals surface area contributed by atoms with E-state index in [0.29, 0.717) is 17.5 Å². The Morgan fingerprint density at radius 2 is 0.891 bits per heavy atom. The van der Waals surface area contributed by atoms with Crippen LogP contribution in [0, 0.1) is 0 Å². The van der Waals surface area contributed by atoms with Crippen molar-refractivity contribution >= 4 is 34.8 Å². The molecule has 46 heavy (non-hydrogen) atoms. The molecule has 216 valence electrons. The van der Waals surface area contributed by atoms with Gasteiger partial charge in [0.05, 0.1) is 11.0 Å². The molecule has 1 aliphatic rings. The van der Waals surface area contributed by atoms with E-state index in [-0.39, 0.29) is 0 Å². The van der Waals surface area contributed by atoms with Crippen molar-refractivity contribution in [3.8, 4) is 45.6 Å². The lowest BCUT2D eigenvalue weighted by Crippen LogP contribution is -2.70. The van der Waals surface area contributed by atoms with Gasteiger partial charge in [-0.25, -0.2) is 19.9 Å². The van der Waals surface area contributed by atoms with Crippen LogP contribution < -0.4 is 15.6 Å². The van der Waals surface area contributed by atoms with Crippen LogP contribution in [0.25, 0.3) is 56.6 Å². The molecule has 0 amide bonds. The maximum Gasteiger partial charge on any atom is 0.259 e. The number of hydrogen-bond donors (Lipinski definition) is 0. The molecule has 1 aliphatic heterocycles. The van der Waals surface area contributed by atoms with Gasteiger partial charge in [0.25, 0.3) is 8.24 Å². The average Bonchev–Trinajstić information content (AvgIpc) is 3.66. The van der Waals surface area contributed by atoms with Crippen LogP contribution in [0.2, 0.25) is 0 Å². The van der Waals surface area contributed by atoms with Crippen LogP contribution in [-0.2, 0) is 0 Å². The Morgan fingerprint density at radius 3 is 1.46 bits per heavy atom. The van der Waals surface area contributed by atoms with Gasteiger partial charge < -0.3 is 4.23 Å². The third kappa shape index (κ3) is 4.01. The van der Waals surface area contributed by atoms with E-state index >= 15 is 0 Å². The van der Waals surface area contributed by atoms with Gasteiger partial charge in [-0.15, -0.1) is 0 Å². The molecule has 8 aromatic rings. The van der Waals surface area contributed by atoms with Crippen molar-refractivity contribution in [2.24, 2.45) is 0 Å². The molecule has 0 saturated heterocycles. The van der Waals surface area contributed by atoms with Crippen LogP contribution in [0.15, 0.2) is 164 Å². The summed E-state index contributed by atoms with van der Waals surface area (Å²) in [5.41, 5.74) is 6.02. The molecule has 9 rings (SSSR count). The summed E-state index contributed by atoms with van der Waals surface area (Å²) in [4.78, 5) is 20.2. The Labute approximate surface area is 267 Å². The number of fused-ring (bicyclic) bond motifs is 5. The summed E-state index contributed by atoms with van der Waals surface area (Å²) in [6.07, 6.45) is 0. The first kappa shape index (κ1) is 26.4. The molecule has 6 aromatic carbocycles. The summed E-state index contributed by atoms with van der Waals surface area (Å²) in [6.45, 7) is 0. The van der Waals surface area contributed by atoms with Crippen LogP contribution in [0.5, 0.6) is 0 Å². The van der Waals surface area contributed by atoms with Crippen LogP contribution in [0.3, 0.4) is 0 Å². The van der Waals surface area contributed by atoms with Gasteiger partial charge in [0, 0.05) is 22.3 Å². The molecule has 0 bridgehead atoms. The van der Waals surface area contributed by atoms with Crippen molar-refractivity contribution in [3.05, 3.63) is 164 Å². The molecule has 0 unspecified atom stereocenters. The summed E-state index contributed by atoms with van der Waals surface area (Å²) in [5, 5.41) is 4.01. The van der Waals surface area contributed by atoms with Gasteiger partial charge in [-0.1, -0.05) is 146 Å². The average molecular weight is 606 g/mol. The summed E-state index contributed by atoms with van der Waals surface area (Å²) < 4.78 is 2.56. The molecule has 2 aromatic heterocycles. The highest BCUT2D eigenvalue weighted by Crippen LogP contribution is 2.36. The smallest absolute Gasteiger partial charge is 0.259 e. The maximum atomic E-state index is 5.35. The van der Waals surface area contributed by atoms with E-state index in [1.54, 1.807) is 0 Å². The molecule has 0 aliphatic carbocycles. The molecule has 0 spiro atoms. The zero-order valence-electron chi connectivity index (χ0n) is 24.8. The number of rotatable bonds is 5. The summed E-state index contributed by atoms with van der Waals surface area (Å²) in [7, 11) is -2.73. The Balaban J connectivity index is 1.29. The Bertz CT molecular complexity index is 2260. The predicted molar refractivity (Wildman–Crippen MR) is 188 cm³/mol. The van der Waals surface area contributed by atoms with Crippen molar-refractivity contribution in [2.45, 2.75) is 0 Å². The summed E-state index contributed by atoms with van der Waals surface area (Å²) in [5.74, 6) is 2.92. The fraction of sp³-hybridized carbons (Fsp3) is 0. The van der Waals surface area contributed by atoms with E-state index in [9.17, 15) is 0 Å². The van der Waals surface area contributed by atoms with Gasteiger partial charge >= 0.3 is 0 Å². The molecule has 0 fully saturated rings. The summed E-state index contributed by atoms with van der Waals surface area (Å²) in [6, 6.07) is 57.4. The van der Waals surface area contributed by atoms with E-state index < -0.39 is 8.24 Å². The first-order valence-electron chi connectivity index (χ1n) is 15.4.